The largest absolute Gasteiger partial charge is 0.744 e. The zero-order valence-corrected chi connectivity index (χ0v) is 16.3. The molecule has 27 heavy (non-hydrogen) atoms. The summed E-state index contributed by atoms with van der Waals surface area (Å²) in [5.41, 5.74) is 2.29. The molecule has 0 N–H and O–H groups in total. The molecular weight excluding hydrogens is 370 g/mol. The maximum absolute atomic E-state index is 11.8. The first kappa shape index (κ1) is 20.6. The number of hydrogen-bond donors (Lipinski definition) is 0. The van der Waals surface area contributed by atoms with Crippen LogP contribution in [-0.4, -0.2) is 42.5 Å². The van der Waals surface area contributed by atoms with E-state index in [2.05, 4.69) is 0 Å². The van der Waals surface area contributed by atoms with Crippen LogP contribution in [0.15, 0.2) is 59.9 Å². The molecule has 1 aromatic carbocycles. The highest BCUT2D eigenvalue weighted by Gasteiger charge is 2.20. The van der Waals surface area contributed by atoms with E-state index in [0.29, 0.717) is 5.56 Å². The van der Waals surface area contributed by atoms with Crippen molar-refractivity contribution in [3.8, 4) is 0 Å². The van der Waals surface area contributed by atoms with Gasteiger partial charge < -0.3 is 9.39 Å². The van der Waals surface area contributed by atoms with Gasteiger partial charge in [0.2, 0.25) is 0 Å². The smallest absolute Gasteiger partial charge is 0.365 e. The number of aromatic nitrogens is 2. The van der Waals surface area contributed by atoms with Gasteiger partial charge in [-0.25, -0.2) is 22.2 Å². The second-order valence-corrected chi connectivity index (χ2v) is 7.40. The van der Waals surface area contributed by atoms with Crippen molar-refractivity contribution >= 4 is 21.7 Å². The molecule has 0 atom stereocenters. The number of hydroxylamine groups is 2. The van der Waals surface area contributed by atoms with Gasteiger partial charge >= 0.3 is 11.6 Å². The van der Waals surface area contributed by atoms with Gasteiger partial charge in [0.05, 0.1) is 18.1 Å². The molecule has 0 saturated carbocycles. The standard InChI is InChI=1S/C11H14N3O2.C7H8O3S/c1-12(2)16-11(15)9-5-4-6-14-8-7-13(3)10(9)14;1-6-2-4-7(5-3-6)11(8,9)10/h4-8H,1-3H3;2-5H,1H3,(H,8,9,10)/q+1;/p-1. The number of carbonyl (C=O) groups is 1. The Kier molecular flexibility index (Phi) is 6.32. The molecule has 0 radical (unpaired) electrons. The first-order chi connectivity index (χ1) is 12.6. The number of aryl methyl sites for hydroxylation is 2. The summed E-state index contributed by atoms with van der Waals surface area (Å²) in [4.78, 5) is 16.7. The van der Waals surface area contributed by atoms with Crippen LogP contribution in [-0.2, 0) is 22.0 Å². The van der Waals surface area contributed by atoms with Gasteiger partial charge in [0.1, 0.15) is 22.5 Å². The summed E-state index contributed by atoms with van der Waals surface area (Å²) in [6.45, 7) is 1.82. The summed E-state index contributed by atoms with van der Waals surface area (Å²) in [5, 5.41) is 1.38. The Hall–Kier alpha value is -2.75. The van der Waals surface area contributed by atoms with Gasteiger partial charge in [0.15, 0.2) is 5.56 Å². The third-order valence-corrected chi connectivity index (χ3v) is 4.42. The zero-order chi connectivity index (χ0) is 20.2. The molecule has 3 rings (SSSR count). The van der Waals surface area contributed by atoms with E-state index in [1.54, 1.807) is 32.3 Å². The fourth-order valence-electron chi connectivity index (χ4n) is 2.33. The Morgan fingerprint density at radius 1 is 1.15 bits per heavy atom. The molecule has 0 aliphatic rings. The minimum atomic E-state index is -4.27. The summed E-state index contributed by atoms with van der Waals surface area (Å²) < 4.78 is 34.9. The van der Waals surface area contributed by atoms with Crippen molar-refractivity contribution in [2.45, 2.75) is 11.8 Å². The lowest BCUT2D eigenvalue weighted by atomic mass is 10.2. The van der Waals surface area contributed by atoms with Crippen molar-refractivity contribution in [1.82, 2.24) is 9.46 Å². The van der Waals surface area contributed by atoms with Crippen LogP contribution < -0.4 is 4.57 Å². The predicted molar refractivity (Wildman–Crippen MR) is 96.8 cm³/mol. The number of benzene rings is 1. The van der Waals surface area contributed by atoms with Gasteiger partial charge in [-0.2, -0.15) is 0 Å². The molecule has 0 unspecified atom stereocenters. The molecule has 2 heterocycles. The molecule has 144 valence electrons. The maximum Gasteiger partial charge on any atom is 0.365 e. The van der Waals surface area contributed by atoms with Gasteiger partial charge in [0, 0.05) is 14.1 Å². The molecule has 0 aliphatic carbocycles. The normalized spacial score (nSPS) is 11.2. The molecular formula is C18H21N3O5S. The van der Waals surface area contributed by atoms with Crippen LogP contribution in [0, 0.1) is 6.92 Å². The van der Waals surface area contributed by atoms with Crippen molar-refractivity contribution in [1.29, 1.82) is 0 Å². The number of imidazole rings is 1. The first-order valence-corrected chi connectivity index (χ1v) is 9.38. The second-order valence-electron chi connectivity index (χ2n) is 6.02. The predicted octanol–water partition coefficient (Wildman–Crippen LogP) is 1.30. The van der Waals surface area contributed by atoms with Gasteiger partial charge in [-0.1, -0.05) is 17.7 Å². The van der Waals surface area contributed by atoms with Crippen LogP contribution in [0.25, 0.3) is 5.65 Å². The quantitative estimate of drug-likeness (QED) is 0.379. The molecule has 0 amide bonds. The lowest BCUT2D eigenvalue weighted by Gasteiger charge is -2.09. The molecule has 9 heteroatoms. The Morgan fingerprint density at radius 3 is 2.33 bits per heavy atom. The Labute approximate surface area is 157 Å². The Morgan fingerprint density at radius 2 is 1.78 bits per heavy atom. The highest BCUT2D eigenvalue weighted by atomic mass is 32.2. The number of hydrogen-bond acceptors (Lipinski definition) is 6. The second kappa shape index (κ2) is 8.30. The molecule has 0 bridgehead atoms. The van der Waals surface area contributed by atoms with Crippen LogP contribution in [0.2, 0.25) is 0 Å². The fourth-order valence-corrected chi connectivity index (χ4v) is 2.80. The van der Waals surface area contributed by atoms with Crippen molar-refractivity contribution in [2.24, 2.45) is 7.05 Å². The van der Waals surface area contributed by atoms with Crippen LogP contribution in [0.4, 0.5) is 0 Å². The van der Waals surface area contributed by atoms with E-state index < -0.39 is 10.1 Å². The third kappa shape index (κ3) is 5.36. The lowest BCUT2D eigenvalue weighted by molar-refractivity contribution is -0.644. The topological polar surface area (TPSA) is 95.0 Å². The Bertz CT molecular complexity index is 1040. The average molecular weight is 391 g/mol. The van der Waals surface area contributed by atoms with Crippen molar-refractivity contribution in [3.63, 3.8) is 0 Å². The highest BCUT2D eigenvalue weighted by molar-refractivity contribution is 7.85. The van der Waals surface area contributed by atoms with Gasteiger partial charge in [0.25, 0.3) is 0 Å². The molecule has 0 spiro atoms. The van der Waals surface area contributed by atoms with Crippen molar-refractivity contribution in [2.75, 3.05) is 14.1 Å². The van der Waals surface area contributed by atoms with E-state index in [1.807, 2.05) is 47.6 Å². The molecule has 2 aromatic heterocycles. The van der Waals surface area contributed by atoms with Crippen LogP contribution in [0.5, 0.6) is 0 Å². The molecule has 0 saturated heterocycles. The fraction of sp³-hybridized carbons (Fsp3) is 0.222. The number of pyridine rings is 1. The number of fused-ring (bicyclic) bond motifs is 1. The summed E-state index contributed by atoms with van der Waals surface area (Å²) in [6.07, 6.45) is 5.67. The van der Waals surface area contributed by atoms with E-state index in [-0.39, 0.29) is 10.9 Å². The van der Waals surface area contributed by atoms with E-state index in [0.717, 1.165) is 11.2 Å². The SMILES string of the molecule is CN(C)OC(=O)c1cccn2cc[n+](C)c12.Cc1ccc(S(=O)(=O)[O-])cc1. The van der Waals surface area contributed by atoms with E-state index in [1.165, 1.54) is 17.2 Å². The average Bonchev–Trinajstić information content (AvgIpc) is 2.96. The minimum absolute atomic E-state index is 0.178. The summed E-state index contributed by atoms with van der Waals surface area (Å²) in [6, 6.07) is 9.35. The van der Waals surface area contributed by atoms with Crippen molar-refractivity contribution < 1.29 is 27.2 Å². The molecule has 8 nitrogen and oxygen atoms in total. The van der Waals surface area contributed by atoms with Gasteiger partial charge in [-0.15, -0.1) is 5.06 Å². The van der Waals surface area contributed by atoms with Crippen LogP contribution in [0.3, 0.4) is 0 Å². The number of nitrogens with zero attached hydrogens (tertiary/aromatic N) is 3. The molecule has 3 aromatic rings. The monoisotopic (exact) mass is 391 g/mol. The first-order valence-electron chi connectivity index (χ1n) is 7.97. The van der Waals surface area contributed by atoms with E-state index in [9.17, 15) is 17.8 Å². The summed E-state index contributed by atoms with van der Waals surface area (Å²) in [7, 11) is 0.975. The molecule has 0 aliphatic heterocycles. The summed E-state index contributed by atoms with van der Waals surface area (Å²) >= 11 is 0. The zero-order valence-electron chi connectivity index (χ0n) is 15.5. The van der Waals surface area contributed by atoms with E-state index in [4.69, 9.17) is 4.84 Å². The minimum Gasteiger partial charge on any atom is -0.744 e. The van der Waals surface area contributed by atoms with E-state index >= 15 is 0 Å². The number of rotatable bonds is 3. The van der Waals surface area contributed by atoms with Gasteiger partial charge in [-0.05, 0) is 31.2 Å². The molecule has 0 fully saturated rings. The Balaban J connectivity index is 0.000000208. The maximum atomic E-state index is 11.8. The van der Waals surface area contributed by atoms with Gasteiger partial charge in [-0.3, -0.25) is 0 Å². The van der Waals surface area contributed by atoms with Crippen LogP contribution >= 0.6 is 0 Å². The third-order valence-electron chi connectivity index (χ3n) is 3.58. The number of carbonyl (C=O) groups excluding carboxylic acids is 1. The highest BCUT2D eigenvalue weighted by Crippen LogP contribution is 2.09. The van der Waals surface area contributed by atoms with Crippen LogP contribution in [0.1, 0.15) is 15.9 Å². The summed E-state index contributed by atoms with van der Waals surface area (Å²) in [5.74, 6) is -0.357. The van der Waals surface area contributed by atoms with Crippen molar-refractivity contribution in [3.05, 3.63) is 66.1 Å². The lowest BCUT2D eigenvalue weighted by Crippen LogP contribution is -2.29.